The first kappa shape index (κ1) is 16.1. The number of nitrogens with one attached hydrogen (secondary N) is 1. The van der Waals surface area contributed by atoms with Crippen LogP contribution >= 0.6 is 0 Å². The topological polar surface area (TPSA) is 93.0 Å². The predicted molar refractivity (Wildman–Crippen MR) is 85.6 cm³/mol. The van der Waals surface area contributed by atoms with E-state index in [-0.39, 0.29) is 12.5 Å². The summed E-state index contributed by atoms with van der Waals surface area (Å²) in [6.45, 7) is 4.51. The quantitative estimate of drug-likeness (QED) is 0.810. The molecule has 0 radical (unpaired) electrons. The molecule has 1 aliphatic rings. The molecule has 1 aliphatic heterocycles. The molecule has 0 aliphatic carbocycles. The van der Waals surface area contributed by atoms with Gasteiger partial charge in [0.1, 0.15) is 5.54 Å². The molecule has 1 saturated heterocycles. The molecule has 8 nitrogen and oxygen atoms in total. The monoisotopic (exact) mass is 328 g/mol. The van der Waals surface area contributed by atoms with Gasteiger partial charge in [0.05, 0.1) is 6.54 Å². The van der Waals surface area contributed by atoms with Crippen molar-refractivity contribution in [3.63, 3.8) is 0 Å². The molecule has 1 N–H and O–H groups in total. The van der Waals surface area contributed by atoms with Crippen molar-refractivity contribution < 1.29 is 9.59 Å². The number of hydrogen-bond acceptors (Lipinski definition) is 5. The minimum atomic E-state index is -1.07. The summed E-state index contributed by atoms with van der Waals surface area (Å²) in [7, 11) is 0. The molecule has 1 atom stereocenters. The molecule has 3 rings (SSSR count). The van der Waals surface area contributed by atoms with E-state index in [1.807, 2.05) is 30.3 Å². The molecule has 24 heavy (non-hydrogen) atoms. The highest BCUT2D eigenvalue weighted by atomic mass is 16.2. The molecule has 1 unspecified atom stereocenters. The Hall–Kier alpha value is -2.77. The Labute approximate surface area is 139 Å². The Morgan fingerprint density at radius 1 is 1.21 bits per heavy atom. The predicted octanol–water partition coefficient (Wildman–Crippen LogP) is 1.44. The summed E-state index contributed by atoms with van der Waals surface area (Å²) in [6.07, 6.45) is 1.94. The number of amides is 3. The van der Waals surface area contributed by atoms with E-state index in [2.05, 4.69) is 27.8 Å². The number of carbonyl (C=O) groups is 2. The van der Waals surface area contributed by atoms with E-state index in [9.17, 15) is 9.59 Å². The maximum Gasteiger partial charge on any atom is 0.325 e. The van der Waals surface area contributed by atoms with Crippen LogP contribution in [0.15, 0.2) is 30.3 Å². The van der Waals surface area contributed by atoms with Gasteiger partial charge in [0.25, 0.3) is 5.91 Å². The minimum absolute atomic E-state index is 0.0593. The van der Waals surface area contributed by atoms with Crippen molar-refractivity contribution in [2.24, 2.45) is 0 Å². The number of hydrogen-bond donors (Lipinski definition) is 1. The van der Waals surface area contributed by atoms with E-state index < -0.39 is 11.6 Å². The van der Waals surface area contributed by atoms with Crippen molar-refractivity contribution >= 4 is 11.9 Å². The number of urea groups is 1. The number of imide groups is 1. The number of benzene rings is 1. The van der Waals surface area contributed by atoms with Crippen LogP contribution in [0.3, 0.4) is 0 Å². The molecule has 2 aromatic rings. The lowest BCUT2D eigenvalue weighted by atomic mass is 9.92. The lowest BCUT2D eigenvalue weighted by Gasteiger charge is -2.22. The molecule has 0 spiro atoms. The Morgan fingerprint density at radius 3 is 2.67 bits per heavy atom. The van der Waals surface area contributed by atoms with Crippen LogP contribution in [-0.2, 0) is 23.4 Å². The molecule has 1 fully saturated rings. The highest BCUT2D eigenvalue weighted by Crippen LogP contribution is 2.29. The molecule has 3 amide bonds. The van der Waals surface area contributed by atoms with Gasteiger partial charge in [-0.05, 0) is 29.3 Å². The Kier molecular flexibility index (Phi) is 4.28. The summed E-state index contributed by atoms with van der Waals surface area (Å²) < 4.78 is 1.64. The number of aryl methyl sites for hydroxylation is 1. The number of aromatic nitrogens is 4. The van der Waals surface area contributed by atoms with Gasteiger partial charge in [-0.15, -0.1) is 5.10 Å². The lowest BCUT2D eigenvalue weighted by Crippen LogP contribution is -2.40. The van der Waals surface area contributed by atoms with E-state index >= 15 is 0 Å². The Morgan fingerprint density at radius 2 is 1.96 bits per heavy atom. The van der Waals surface area contributed by atoms with Gasteiger partial charge in [0, 0.05) is 6.54 Å². The second-order valence-corrected chi connectivity index (χ2v) is 5.98. The molecular weight excluding hydrogens is 308 g/mol. The second-order valence-electron chi connectivity index (χ2n) is 5.98. The third-order valence-electron chi connectivity index (χ3n) is 4.26. The molecule has 1 aromatic heterocycles. The maximum absolute atomic E-state index is 12.9. The molecule has 8 heteroatoms. The van der Waals surface area contributed by atoms with Crippen molar-refractivity contribution in [1.82, 2.24) is 30.4 Å². The van der Waals surface area contributed by atoms with Gasteiger partial charge in [-0.1, -0.05) is 43.7 Å². The lowest BCUT2D eigenvalue weighted by molar-refractivity contribution is -0.131. The molecular formula is C16H20N6O2. The summed E-state index contributed by atoms with van der Waals surface area (Å²) in [5.41, 5.74) is -0.323. The van der Waals surface area contributed by atoms with Gasteiger partial charge in [-0.3, -0.25) is 9.69 Å². The van der Waals surface area contributed by atoms with Gasteiger partial charge in [-0.2, -0.15) is 0 Å². The summed E-state index contributed by atoms with van der Waals surface area (Å²) in [4.78, 5) is 26.4. The van der Waals surface area contributed by atoms with E-state index in [4.69, 9.17) is 0 Å². The first-order chi connectivity index (χ1) is 11.6. The molecule has 2 heterocycles. The SMILES string of the molecule is CCCCn1nnnc1CN1C(=O)NC(C)(c2ccccc2)C1=O. The normalized spacial score (nSPS) is 20.5. The van der Waals surface area contributed by atoms with Crippen LogP contribution in [0.5, 0.6) is 0 Å². The van der Waals surface area contributed by atoms with E-state index in [1.165, 1.54) is 4.90 Å². The average molecular weight is 328 g/mol. The number of tetrazole rings is 1. The summed E-state index contributed by atoms with van der Waals surface area (Å²) in [5.74, 6) is 0.202. The van der Waals surface area contributed by atoms with Crippen LogP contribution < -0.4 is 5.32 Å². The van der Waals surface area contributed by atoms with Crippen LogP contribution in [0.1, 0.15) is 38.1 Å². The van der Waals surface area contributed by atoms with Gasteiger partial charge < -0.3 is 5.32 Å². The largest absolute Gasteiger partial charge is 0.325 e. The van der Waals surface area contributed by atoms with Crippen molar-refractivity contribution in [3.8, 4) is 0 Å². The van der Waals surface area contributed by atoms with Crippen LogP contribution in [0.4, 0.5) is 4.79 Å². The highest BCUT2D eigenvalue weighted by Gasteiger charge is 2.49. The van der Waals surface area contributed by atoms with Crippen LogP contribution in [0, 0.1) is 0 Å². The van der Waals surface area contributed by atoms with Crippen molar-refractivity contribution in [2.75, 3.05) is 0 Å². The van der Waals surface area contributed by atoms with Crippen molar-refractivity contribution in [1.29, 1.82) is 0 Å². The standard InChI is InChI=1S/C16H20N6O2/c1-3-4-10-22-13(18-19-20-22)11-21-14(23)16(2,17-15(21)24)12-8-6-5-7-9-12/h5-9H,3-4,10-11H2,1-2H3,(H,17,24). The summed E-state index contributed by atoms with van der Waals surface area (Å²) >= 11 is 0. The minimum Gasteiger partial charge on any atom is -0.319 e. The zero-order chi connectivity index (χ0) is 17.2. The number of nitrogens with zero attached hydrogens (tertiary/aromatic N) is 5. The highest BCUT2D eigenvalue weighted by molar-refractivity contribution is 6.07. The van der Waals surface area contributed by atoms with Crippen molar-refractivity contribution in [3.05, 3.63) is 41.7 Å². The zero-order valence-electron chi connectivity index (χ0n) is 13.8. The number of rotatable bonds is 6. The number of unbranched alkanes of at least 4 members (excludes halogenated alkanes) is 1. The van der Waals surface area contributed by atoms with Gasteiger partial charge >= 0.3 is 6.03 Å². The van der Waals surface area contributed by atoms with Crippen LogP contribution in [0.2, 0.25) is 0 Å². The smallest absolute Gasteiger partial charge is 0.319 e. The molecule has 1 aromatic carbocycles. The van der Waals surface area contributed by atoms with E-state index in [0.717, 1.165) is 18.4 Å². The third kappa shape index (κ3) is 2.75. The Bertz CT molecular complexity index is 744. The molecule has 0 bridgehead atoms. The zero-order valence-corrected chi connectivity index (χ0v) is 13.8. The summed E-state index contributed by atoms with van der Waals surface area (Å²) in [5, 5.41) is 14.3. The maximum atomic E-state index is 12.9. The van der Waals surface area contributed by atoms with Crippen molar-refractivity contribution in [2.45, 2.75) is 45.3 Å². The van der Waals surface area contributed by atoms with Crippen LogP contribution in [-0.4, -0.2) is 37.0 Å². The van der Waals surface area contributed by atoms with E-state index in [0.29, 0.717) is 12.4 Å². The van der Waals surface area contributed by atoms with Gasteiger partial charge in [-0.25, -0.2) is 9.48 Å². The van der Waals surface area contributed by atoms with E-state index in [1.54, 1.807) is 11.6 Å². The molecule has 0 saturated carbocycles. The fourth-order valence-electron chi connectivity index (χ4n) is 2.77. The first-order valence-corrected chi connectivity index (χ1v) is 8.01. The second kappa shape index (κ2) is 6.38. The third-order valence-corrected chi connectivity index (χ3v) is 4.26. The van der Waals surface area contributed by atoms with Gasteiger partial charge in [0.2, 0.25) is 0 Å². The summed E-state index contributed by atoms with van der Waals surface area (Å²) in [6, 6.07) is 8.77. The first-order valence-electron chi connectivity index (χ1n) is 8.01. The fraction of sp³-hybridized carbons (Fsp3) is 0.438. The Balaban J connectivity index is 1.82. The van der Waals surface area contributed by atoms with Crippen LogP contribution in [0.25, 0.3) is 0 Å². The fourth-order valence-corrected chi connectivity index (χ4v) is 2.77. The average Bonchev–Trinajstić information content (AvgIpc) is 3.12. The molecule has 126 valence electrons. The van der Waals surface area contributed by atoms with Gasteiger partial charge in [0.15, 0.2) is 5.82 Å². The number of carbonyl (C=O) groups excluding carboxylic acids is 2.